The number of ether oxygens (including phenoxy) is 1. The fraction of sp³-hybridized carbons (Fsp3) is 0.938. The zero-order valence-electron chi connectivity index (χ0n) is 14.0. The molecule has 0 atom stereocenters. The average Bonchev–Trinajstić information content (AvgIpc) is 2.78. The van der Waals surface area contributed by atoms with Crippen molar-refractivity contribution >= 4 is 5.96 Å². The molecule has 0 radical (unpaired) electrons. The van der Waals surface area contributed by atoms with Crippen molar-refractivity contribution in [2.24, 2.45) is 4.99 Å². The van der Waals surface area contributed by atoms with Gasteiger partial charge in [-0.15, -0.1) is 0 Å². The van der Waals surface area contributed by atoms with E-state index in [0.717, 1.165) is 38.7 Å². The number of hydrogen-bond acceptors (Lipinski definition) is 3. The van der Waals surface area contributed by atoms with Gasteiger partial charge in [-0.1, -0.05) is 12.8 Å². The third-order valence-electron chi connectivity index (χ3n) is 3.83. The summed E-state index contributed by atoms with van der Waals surface area (Å²) in [7, 11) is 1.83. The predicted octanol–water partition coefficient (Wildman–Crippen LogP) is 1.84. The van der Waals surface area contributed by atoms with Gasteiger partial charge >= 0.3 is 0 Å². The Bertz CT molecular complexity index is 263. The minimum Gasteiger partial charge on any atom is -0.382 e. The maximum absolute atomic E-state index is 5.32. The lowest BCUT2D eigenvalue weighted by Gasteiger charge is -2.20. The normalized spacial score (nSPS) is 17.5. The molecule has 124 valence electrons. The molecule has 5 nitrogen and oxygen atoms in total. The number of guanidine groups is 1. The molecule has 0 aromatic heterocycles. The number of aliphatic imine (C=N–C) groups is 1. The van der Waals surface area contributed by atoms with Crippen molar-refractivity contribution in [1.29, 1.82) is 0 Å². The Labute approximate surface area is 130 Å². The summed E-state index contributed by atoms with van der Waals surface area (Å²) in [6.07, 6.45) is 7.76. The molecule has 21 heavy (non-hydrogen) atoms. The summed E-state index contributed by atoms with van der Waals surface area (Å²) in [6.45, 7) is 9.30. The summed E-state index contributed by atoms with van der Waals surface area (Å²) in [5.74, 6) is 0.905. The first kappa shape index (κ1) is 18.2. The smallest absolute Gasteiger partial charge is 0.190 e. The first-order chi connectivity index (χ1) is 10.4. The third kappa shape index (κ3) is 9.69. The first-order valence-electron chi connectivity index (χ1n) is 8.61. The number of likely N-dealkylation sites (tertiary alicyclic amines) is 1. The van der Waals surface area contributed by atoms with E-state index >= 15 is 0 Å². The Hall–Kier alpha value is -0.810. The summed E-state index contributed by atoms with van der Waals surface area (Å²) < 4.78 is 5.32. The van der Waals surface area contributed by atoms with E-state index in [9.17, 15) is 0 Å². The van der Waals surface area contributed by atoms with Crippen LogP contribution in [0.3, 0.4) is 0 Å². The van der Waals surface area contributed by atoms with Crippen molar-refractivity contribution in [3.05, 3.63) is 0 Å². The maximum atomic E-state index is 5.32. The summed E-state index contributed by atoms with van der Waals surface area (Å²) in [5.41, 5.74) is 0. The third-order valence-corrected chi connectivity index (χ3v) is 3.83. The fourth-order valence-corrected chi connectivity index (χ4v) is 2.62. The molecule has 2 N–H and O–H groups in total. The van der Waals surface area contributed by atoms with Crippen LogP contribution in [0.5, 0.6) is 0 Å². The molecule has 0 aromatic rings. The van der Waals surface area contributed by atoms with Gasteiger partial charge < -0.3 is 20.3 Å². The molecule has 1 rings (SSSR count). The monoisotopic (exact) mass is 298 g/mol. The lowest BCUT2D eigenvalue weighted by molar-refractivity contribution is 0.145. The van der Waals surface area contributed by atoms with Gasteiger partial charge in [0.25, 0.3) is 0 Å². The standard InChI is InChI=1S/C16H34N4O/c1-3-21-15-9-11-19-16(17-2)18-10-8-14-20-12-6-4-5-7-13-20/h3-15H2,1-2H3,(H2,17,18,19). The number of nitrogens with one attached hydrogen (secondary N) is 2. The molecular weight excluding hydrogens is 264 g/mol. The number of nitrogens with zero attached hydrogens (tertiary/aromatic N) is 2. The van der Waals surface area contributed by atoms with Gasteiger partial charge in [-0.25, -0.2) is 0 Å². The van der Waals surface area contributed by atoms with Crippen LogP contribution >= 0.6 is 0 Å². The van der Waals surface area contributed by atoms with Crippen molar-refractivity contribution in [1.82, 2.24) is 15.5 Å². The van der Waals surface area contributed by atoms with Crippen molar-refractivity contribution in [2.45, 2.75) is 45.4 Å². The topological polar surface area (TPSA) is 48.9 Å². The molecule has 1 aliphatic rings. The second kappa shape index (κ2) is 12.9. The van der Waals surface area contributed by atoms with Crippen molar-refractivity contribution in [3.63, 3.8) is 0 Å². The molecule has 0 bridgehead atoms. The molecule has 0 aromatic carbocycles. The Morgan fingerprint density at radius 2 is 1.71 bits per heavy atom. The molecule has 0 spiro atoms. The molecule has 1 aliphatic heterocycles. The van der Waals surface area contributed by atoms with Crippen LogP contribution in [0, 0.1) is 0 Å². The highest BCUT2D eigenvalue weighted by Gasteiger charge is 2.08. The first-order valence-corrected chi connectivity index (χ1v) is 8.61. The van der Waals surface area contributed by atoms with Gasteiger partial charge in [-0.05, 0) is 52.2 Å². The zero-order chi connectivity index (χ0) is 15.2. The van der Waals surface area contributed by atoms with Gasteiger partial charge in [0.1, 0.15) is 0 Å². The predicted molar refractivity (Wildman–Crippen MR) is 90.0 cm³/mol. The van der Waals surface area contributed by atoms with Crippen molar-refractivity contribution in [3.8, 4) is 0 Å². The van der Waals surface area contributed by atoms with E-state index in [4.69, 9.17) is 4.74 Å². The quantitative estimate of drug-likeness (QED) is 0.387. The van der Waals surface area contributed by atoms with Crippen molar-refractivity contribution < 1.29 is 4.74 Å². The molecule has 1 saturated heterocycles. The molecule has 1 fully saturated rings. The van der Waals surface area contributed by atoms with E-state index < -0.39 is 0 Å². The minimum absolute atomic E-state index is 0.795. The second-order valence-corrected chi connectivity index (χ2v) is 5.59. The van der Waals surface area contributed by atoms with Gasteiger partial charge in [-0.3, -0.25) is 4.99 Å². The van der Waals surface area contributed by atoms with Crippen LogP contribution in [0.1, 0.15) is 45.4 Å². The molecule has 1 heterocycles. The average molecular weight is 298 g/mol. The van der Waals surface area contributed by atoms with Gasteiger partial charge in [-0.2, -0.15) is 0 Å². The highest BCUT2D eigenvalue weighted by Crippen LogP contribution is 2.09. The van der Waals surface area contributed by atoms with Gasteiger partial charge in [0, 0.05) is 33.4 Å². The Kier molecular flexibility index (Phi) is 11.2. The van der Waals surface area contributed by atoms with Crippen LogP contribution in [0.15, 0.2) is 4.99 Å². The second-order valence-electron chi connectivity index (χ2n) is 5.59. The van der Waals surface area contributed by atoms with Crippen LogP contribution in [0.25, 0.3) is 0 Å². The molecule has 0 aliphatic carbocycles. The molecule has 0 unspecified atom stereocenters. The summed E-state index contributed by atoms with van der Waals surface area (Å²) in [4.78, 5) is 6.85. The van der Waals surface area contributed by atoms with Gasteiger partial charge in [0.2, 0.25) is 0 Å². The van der Waals surface area contributed by atoms with Crippen molar-refractivity contribution in [2.75, 3.05) is 53.0 Å². The van der Waals surface area contributed by atoms with Crippen LogP contribution in [0.2, 0.25) is 0 Å². The minimum atomic E-state index is 0.795. The Morgan fingerprint density at radius 1 is 1.05 bits per heavy atom. The lowest BCUT2D eigenvalue weighted by atomic mass is 10.2. The van der Waals surface area contributed by atoms with Crippen LogP contribution < -0.4 is 10.6 Å². The fourth-order valence-electron chi connectivity index (χ4n) is 2.62. The largest absolute Gasteiger partial charge is 0.382 e. The van der Waals surface area contributed by atoms with Crippen LogP contribution in [-0.4, -0.2) is 63.8 Å². The van der Waals surface area contributed by atoms with E-state index in [-0.39, 0.29) is 0 Å². The zero-order valence-corrected chi connectivity index (χ0v) is 14.0. The Balaban J connectivity index is 2.01. The molecule has 0 amide bonds. The summed E-state index contributed by atoms with van der Waals surface area (Å²) >= 11 is 0. The van der Waals surface area contributed by atoms with Crippen LogP contribution in [-0.2, 0) is 4.74 Å². The summed E-state index contributed by atoms with van der Waals surface area (Å²) in [6, 6.07) is 0. The van der Waals surface area contributed by atoms with Gasteiger partial charge in [0.05, 0.1) is 0 Å². The van der Waals surface area contributed by atoms with E-state index in [0.29, 0.717) is 0 Å². The van der Waals surface area contributed by atoms with Crippen LogP contribution in [0.4, 0.5) is 0 Å². The van der Waals surface area contributed by atoms with E-state index in [2.05, 4.69) is 20.5 Å². The molecular formula is C16H34N4O. The molecule has 5 heteroatoms. The number of rotatable bonds is 9. The van der Waals surface area contributed by atoms with Gasteiger partial charge in [0.15, 0.2) is 5.96 Å². The number of hydrogen-bond donors (Lipinski definition) is 2. The van der Waals surface area contributed by atoms with E-state index in [1.54, 1.807) is 0 Å². The highest BCUT2D eigenvalue weighted by atomic mass is 16.5. The highest BCUT2D eigenvalue weighted by molar-refractivity contribution is 5.79. The Morgan fingerprint density at radius 3 is 2.33 bits per heavy atom. The summed E-state index contributed by atoms with van der Waals surface area (Å²) in [5, 5.41) is 6.71. The van der Waals surface area contributed by atoms with E-state index in [1.165, 1.54) is 51.7 Å². The SMILES string of the molecule is CCOCCCNC(=NC)NCCCN1CCCCCC1. The van der Waals surface area contributed by atoms with E-state index in [1.807, 2.05) is 14.0 Å². The lowest BCUT2D eigenvalue weighted by Crippen LogP contribution is -2.39. The molecule has 0 saturated carbocycles. The maximum Gasteiger partial charge on any atom is 0.190 e.